The van der Waals surface area contributed by atoms with Gasteiger partial charge in [-0.15, -0.1) is 0 Å². The summed E-state index contributed by atoms with van der Waals surface area (Å²) < 4.78 is 0. The predicted octanol–water partition coefficient (Wildman–Crippen LogP) is 3.58. The second kappa shape index (κ2) is 9.42. The molecule has 1 unspecified atom stereocenters. The fourth-order valence-corrected chi connectivity index (χ4v) is 3.31. The van der Waals surface area contributed by atoms with E-state index in [1.54, 1.807) is 0 Å². The molecule has 1 aliphatic rings. The number of piperazine rings is 1. The monoisotopic (exact) mass is 366 g/mol. The second-order valence-corrected chi connectivity index (χ2v) is 7.36. The minimum Gasteiger partial charge on any atom is -0.369 e. The highest BCUT2D eigenvalue weighted by Gasteiger charge is 2.14. The van der Waals surface area contributed by atoms with Crippen molar-refractivity contribution in [2.24, 2.45) is 0 Å². The van der Waals surface area contributed by atoms with Crippen LogP contribution in [0.15, 0.2) is 54.6 Å². The smallest absolute Gasteiger partial charge is 0.319 e. The molecule has 1 heterocycles. The highest BCUT2D eigenvalue weighted by Crippen LogP contribution is 2.19. The maximum Gasteiger partial charge on any atom is 0.319 e. The molecular formula is C22H30N4O. The summed E-state index contributed by atoms with van der Waals surface area (Å²) in [5.41, 5.74) is 3.33. The van der Waals surface area contributed by atoms with Crippen molar-refractivity contribution in [3.8, 4) is 0 Å². The second-order valence-electron chi connectivity index (χ2n) is 7.36. The molecule has 27 heavy (non-hydrogen) atoms. The van der Waals surface area contributed by atoms with Crippen molar-refractivity contribution in [3.63, 3.8) is 0 Å². The van der Waals surface area contributed by atoms with Gasteiger partial charge in [0.25, 0.3) is 0 Å². The molecule has 144 valence electrons. The van der Waals surface area contributed by atoms with Crippen molar-refractivity contribution in [1.29, 1.82) is 0 Å². The van der Waals surface area contributed by atoms with E-state index < -0.39 is 0 Å². The zero-order valence-electron chi connectivity index (χ0n) is 16.3. The van der Waals surface area contributed by atoms with E-state index in [4.69, 9.17) is 0 Å². The van der Waals surface area contributed by atoms with Gasteiger partial charge in [0.1, 0.15) is 0 Å². The molecule has 5 heteroatoms. The van der Waals surface area contributed by atoms with Crippen LogP contribution in [-0.2, 0) is 6.42 Å². The Labute approximate surface area is 162 Å². The first kappa shape index (κ1) is 19.2. The zero-order valence-corrected chi connectivity index (χ0v) is 16.3. The number of carbonyl (C=O) groups is 1. The van der Waals surface area contributed by atoms with E-state index in [1.807, 2.05) is 37.3 Å². The average molecular weight is 367 g/mol. The third-order valence-corrected chi connectivity index (χ3v) is 5.08. The van der Waals surface area contributed by atoms with Crippen molar-refractivity contribution in [2.45, 2.75) is 25.8 Å². The largest absolute Gasteiger partial charge is 0.369 e. The molecule has 0 aliphatic carbocycles. The number of benzene rings is 2. The number of hydrogen-bond acceptors (Lipinski definition) is 3. The van der Waals surface area contributed by atoms with Crippen LogP contribution in [0.2, 0.25) is 0 Å². The van der Waals surface area contributed by atoms with Gasteiger partial charge >= 0.3 is 6.03 Å². The van der Waals surface area contributed by atoms with E-state index in [1.165, 1.54) is 11.3 Å². The number of urea groups is 1. The standard InChI is InChI=1S/C22H30N4O/c1-18(8-9-19-6-4-3-5-7-19)23-22(27)24-20-10-12-21(13-11-20)26-16-14-25(2)15-17-26/h3-7,10-13,18H,8-9,14-17H2,1-2H3,(H2,23,24,27). The highest BCUT2D eigenvalue weighted by atomic mass is 16.2. The molecule has 0 radical (unpaired) electrons. The summed E-state index contributed by atoms with van der Waals surface area (Å²) in [5, 5.41) is 5.95. The molecule has 2 N–H and O–H groups in total. The molecule has 1 atom stereocenters. The Hall–Kier alpha value is -2.53. The molecule has 0 saturated carbocycles. The maximum atomic E-state index is 12.2. The lowest BCUT2D eigenvalue weighted by Crippen LogP contribution is -2.44. The fourth-order valence-electron chi connectivity index (χ4n) is 3.31. The lowest BCUT2D eigenvalue weighted by molar-refractivity contribution is 0.248. The van der Waals surface area contributed by atoms with Gasteiger partial charge in [-0.25, -0.2) is 4.79 Å². The number of carbonyl (C=O) groups excluding carboxylic acids is 1. The topological polar surface area (TPSA) is 47.6 Å². The first-order valence-corrected chi connectivity index (χ1v) is 9.75. The van der Waals surface area contributed by atoms with Crippen LogP contribution in [0.3, 0.4) is 0 Å². The quantitative estimate of drug-likeness (QED) is 0.821. The minimum atomic E-state index is -0.150. The molecule has 0 bridgehead atoms. The normalized spacial score (nSPS) is 16.0. The lowest BCUT2D eigenvalue weighted by atomic mass is 10.1. The zero-order chi connectivity index (χ0) is 19.1. The molecular weight excluding hydrogens is 336 g/mol. The summed E-state index contributed by atoms with van der Waals surface area (Å²) >= 11 is 0. The number of rotatable bonds is 6. The van der Waals surface area contributed by atoms with Crippen LogP contribution in [0.4, 0.5) is 16.2 Å². The first-order valence-electron chi connectivity index (χ1n) is 9.75. The number of nitrogens with one attached hydrogen (secondary N) is 2. The van der Waals surface area contributed by atoms with E-state index in [0.29, 0.717) is 0 Å². The van der Waals surface area contributed by atoms with Crippen molar-refractivity contribution in [2.75, 3.05) is 43.4 Å². The van der Waals surface area contributed by atoms with Crippen LogP contribution in [0, 0.1) is 0 Å². The summed E-state index contributed by atoms with van der Waals surface area (Å²) in [7, 11) is 2.16. The van der Waals surface area contributed by atoms with Gasteiger partial charge < -0.3 is 20.4 Å². The first-order chi connectivity index (χ1) is 13.1. The third-order valence-electron chi connectivity index (χ3n) is 5.08. The molecule has 1 saturated heterocycles. The van der Waals surface area contributed by atoms with E-state index in [9.17, 15) is 4.79 Å². The Morgan fingerprint density at radius 1 is 1.00 bits per heavy atom. The third kappa shape index (κ3) is 6.00. The predicted molar refractivity (Wildman–Crippen MR) is 113 cm³/mol. The Morgan fingerprint density at radius 2 is 1.67 bits per heavy atom. The van der Waals surface area contributed by atoms with E-state index in [-0.39, 0.29) is 12.1 Å². The van der Waals surface area contributed by atoms with Crippen LogP contribution in [-0.4, -0.2) is 50.2 Å². The van der Waals surface area contributed by atoms with Gasteiger partial charge in [0.2, 0.25) is 0 Å². The summed E-state index contributed by atoms with van der Waals surface area (Å²) in [6, 6.07) is 18.4. The van der Waals surface area contributed by atoms with Crippen LogP contribution < -0.4 is 15.5 Å². The van der Waals surface area contributed by atoms with Gasteiger partial charge in [-0.1, -0.05) is 30.3 Å². The maximum absolute atomic E-state index is 12.2. The molecule has 5 nitrogen and oxygen atoms in total. The van der Waals surface area contributed by atoms with Crippen LogP contribution >= 0.6 is 0 Å². The highest BCUT2D eigenvalue weighted by molar-refractivity contribution is 5.89. The van der Waals surface area contributed by atoms with E-state index >= 15 is 0 Å². The molecule has 1 aliphatic heterocycles. The molecule has 2 aromatic rings. The van der Waals surface area contributed by atoms with Gasteiger partial charge in [-0.3, -0.25) is 0 Å². The molecule has 2 aromatic carbocycles. The molecule has 1 fully saturated rings. The Kier molecular flexibility index (Phi) is 6.71. The number of anilines is 2. The average Bonchev–Trinajstić information content (AvgIpc) is 2.68. The van der Waals surface area contributed by atoms with Crippen LogP contribution in [0.25, 0.3) is 0 Å². The SMILES string of the molecule is CC(CCc1ccccc1)NC(=O)Nc1ccc(N2CCN(C)CC2)cc1. The molecule has 2 amide bonds. The van der Waals surface area contributed by atoms with Gasteiger partial charge in [0.05, 0.1) is 0 Å². The number of nitrogens with zero attached hydrogens (tertiary/aromatic N) is 2. The van der Waals surface area contributed by atoms with Crippen molar-refractivity contribution in [3.05, 3.63) is 60.2 Å². The lowest BCUT2D eigenvalue weighted by Gasteiger charge is -2.34. The summed E-state index contributed by atoms with van der Waals surface area (Å²) in [6.07, 6.45) is 1.88. The summed E-state index contributed by atoms with van der Waals surface area (Å²) in [5.74, 6) is 0. The van der Waals surface area contributed by atoms with Gasteiger partial charge in [0.15, 0.2) is 0 Å². The fraction of sp³-hybridized carbons (Fsp3) is 0.409. The Balaban J connectivity index is 1.43. The van der Waals surface area contributed by atoms with Crippen molar-refractivity contribution >= 4 is 17.4 Å². The van der Waals surface area contributed by atoms with E-state index in [0.717, 1.165) is 44.7 Å². The Bertz CT molecular complexity index is 709. The van der Waals surface area contributed by atoms with Crippen molar-refractivity contribution < 1.29 is 4.79 Å². The number of amides is 2. The molecule has 0 aromatic heterocycles. The van der Waals surface area contributed by atoms with Gasteiger partial charge in [-0.05, 0) is 56.6 Å². The summed E-state index contributed by atoms with van der Waals surface area (Å²) in [6.45, 7) is 6.30. The van der Waals surface area contributed by atoms with Crippen LogP contribution in [0.5, 0.6) is 0 Å². The molecule has 0 spiro atoms. The summed E-state index contributed by atoms with van der Waals surface area (Å²) in [4.78, 5) is 16.9. The number of likely N-dealkylation sites (N-methyl/N-ethyl adjacent to an activating group) is 1. The van der Waals surface area contributed by atoms with Gasteiger partial charge in [0, 0.05) is 43.6 Å². The van der Waals surface area contributed by atoms with Crippen LogP contribution in [0.1, 0.15) is 18.9 Å². The number of aryl methyl sites for hydroxylation is 1. The van der Waals surface area contributed by atoms with E-state index in [2.05, 4.69) is 51.7 Å². The van der Waals surface area contributed by atoms with Gasteiger partial charge in [-0.2, -0.15) is 0 Å². The number of hydrogen-bond donors (Lipinski definition) is 2. The molecule has 3 rings (SSSR count). The Morgan fingerprint density at radius 3 is 2.33 bits per heavy atom. The minimum absolute atomic E-state index is 0.120. The van der Waals surface area contributed by atoms with Crippen molar-refractivity contribution in [1.82, 2.24) is 10.2 Å².